The Balaban J connectivity index is 2.31. The molecule has 2 nitrogen and oxygen atoms in total. The monoisotopic (exact) mass is 264 g/mol. The Hall–Kier alpha value is -2.27. The number of hydrogen-bond donors (Lipinski definition) is 1. The van der Waals surface area contributed by atoms with Crippen molar-refractivity contribution < 1.29 is 0 Å². The molecule has 0 aliphatic heterocycles. The van der Waals surface area contributed by atoms with Gasteiger partial charge in [0.25, 0.3) is 0 Å². The molecule has 0 amide bonds. The first-order chi connectivity index (χ1) is 9.52. The van der Waals surface area contributed by atoms with Crippen LogP contribution in [0.3, 0.4) is 0 Å². The van der Waals surface area contributed by atoms with Crippen LogP contribution >= 0.6 is 0 Å². The molecule has 0 aromatic heterocycles. The second kappa shape index (κ2) is 5.79. The summed E-state index contributed by atoms with van der Waals surface area (Å²) in [7, 11) is 0. The van der Waals surface area contributed by atoms with Crippen LogP contribution in [0.1, 0.15) is 40.8 Å². The van der Waals surface area contributed by atoms with Crippen LogP contribution in [0.5, 0.6) is 0 Å². The standard InChI is InChI=1S/C18H20N2/c1-12-9-14(3)17(10-13(12)2)15(4)20-18-8-6-5-7-16(18)11-19/h5-10,15,20H,1-4H3. The van der Waals surface area contributed by atoms with Crippen LogP contribution in [0.15, 0.2) is 36.4 Å². The second-order valence-electron chi connectivity index (χ2n) is 5.32. The van der Waals surface area contributed by atoms with Crippen molar-refractivity contribution in [2.75, 3.05) is 5.32 Å². The van der Waals surface area contributed by atoms with E-state index in [0.717, 1.165) is 5.69 Å². The normalized spacial score (nSPS) is 11.8. The summed E-state index contributed by atoms with van der Waals surface area (Å²) < 4.78 is 0. The summed E-state index contributed by atoms with van der Waals surface area (Å²) in [6, 6.07) is 14.5. The fourth-order valence-corrected chi connectivity index (χ4v) is 2.47. The predicted octanol–water partition coefficient (Wildman–Crippen LogP) is 4.66. The van der Waals surface area contributed by atoms with E-state index in [-0.39, 0.29) is 6.04 Å². The first kappa shape index (κ1) is 14.1. The Labute approximate surface area is 121 Å². The number of para-hydroxylation sites is 1. The zero-order valence-electron chi connectivity index (χ0n) is 12.5. The molecule has 1 N–H and O–H groups in total. The Bertz CT molecular complexity index is 666. The molecular weight excluding hydrogens is 244 g/mol. The average Bonchev–Trinajstić information content (AvgIpc) is 2.43. The van der Waals surface area contributed by atoms with Crippen molar-refractivity contribution in [1.29, 1.82) is 5.26 Å². The minimum absolute atomic E-state index is 0.170. The number of benzene rings is 2. The topological polar surface area (TPSA) is 35.8 Å². The second-order valence-corrected chi connectivity index (χ2v) is 5.32. The highest BCUT2D eigenvalue weighted by molar-refractivity contribution is 5.58. The smallest absolute Gasteiger partial charge is 0.101 e. The van der Waals surface area contributed by atoms with Crippen molar-refractivity contribution in [3.8, 4) is 6.07 Å². The van der Waals surface area contributed by atoms with Gasteiger partial charge in [0.2, 0.25) is 0 Å². The maximum atomic E-state index is 9.15. The molecule has 0 aliphatic rings. The van der Waals surface area contributed by atoms with Crippen molar-refractivity contribution in [2.45, 2.75) is 33.7 Å². The van der Waals surface area contributed by atoms with Crippen molar-refractivity contribution >= 4 is 5.69 Å². The SMILES string of the molecule is Cc1cc(C)c(C(C)Nc2ccccc2C#N)cc1C. The molecule has 2 rings (SSSR count). The highest BCUT2D eigenvalue weighted by Crippen LogP contribution is 2.26. The van der Waals surface area contributed by atoms with Crippen LogP contribution in [-0.2, 0) is 0 Å². The highest BCUT2D eigenvalue weighted by atomic mass is 14.9. The Morgan fingerprint density at radius 1 is 1.00 bits per heavy atom. The molecule has 0 fully saturated rings. The molecule has 1 unspecified atom stereocenters. The van der Waals surface area contributed by atoms with Crippen molar-refractivity contribution in [3.63, 3.8) is 0 Å². The first-order valence-electron chi connectivity index (χ1n) is 6.86. The Morgan fingerprint density at radius 3 is 2.35 bits per heavy atom. The third-order valence-corrected chi connectivity index (χ3v) is 3.77. The van der Waals surface area contributed by atoms with Crippen LogP contribution < -0.4 is 5.32 Å². The number of nitrogens with one attached hydrogen (secondary N) is 1. The zero-order chi connectivity index (χ0) is 14.7. The van der Waals surface area contributed by atoms with Gasteiger partial charge in [-0.2, -0.15) is 5.26 Å². The van der Waals surface area contributed by atoms with Crippen LogP contribution in [0, 0.1) is 32.1 Å². The van der Waals surface area contributed by atoms with Gasteiger partial charge in [0.1, 0.15) is 6.07 Å². The fourth-order valence-electron chi connectivity index (χ4n) is 2.47. The Morgan fingerprint density at radius 2 is 1.65 bits per heavy atom. The summed E-state index contributed by atoms with van der Waals surface area (Å²) in [5.74, 6) is 0. The molecule has 0 heterocycles. The molecule has 1 atom stereocenters. The van der Waals surface area contributed by atoms with Crippen molar-refractivity contribution in [3.05, 3.63) is 64.2 Å². The van der Waals surface area contributed by atoms with Crippen LogP contribution in [0.25, 0.3) is 0 Å². The molecular formula is C18H20N2. The zero-order valence-corrected chi connectivity index (χ0v) is 12.5. The maximum absolute atomic E-state index is 9.15. The summed E-state index contributed by atoms with van der Waals surface area (Å²) in [5, 5.41) is 12.6. The van der Waals surface area contributed by atoms with Gasteiger partial charge in [-0.25, -0.2) is 0 Å². The molecule has 0 aliphatic carbocycles. The van der Waals surface area contributed by atoms with Crippen LogP contribution in [0.4, 0.5) is 5.69 Å². The van der Waals surface area contributed by atoms with Gasteiger partial charge in [-0.15, -0.1) is 0 Å². The molecule has 0 spiro atoms. The van der Waals surface area contributed by atoms with Crippen LogP contribution in [0.2, 0.25) is 0 Å². The van der Waals surface area contributed by atoms with E-state index in [1.165, 1.54) is 22.3 Å². The predicted molar refractivity (Wildman–Crippen MR) is 83.8 cm³/mol. The van der Waals surface area contributed by atoms with E-state index < -0.39 is 0 Å². The molecule has 2 aromatic rings. The van der Waals surface area contributed by atoms with E-state index in [4.69, 9.17) is 5.26 Å². The molecule has 0 bridgehead atoms. The van der Waals surface area contributed by atoms with E-state index in [2.05, 4.69) is 51.2 Å². The third-order valence-electron chi connectivity index (χ3n) is 3.77. The summed E-state index contributed by atoms with van der Waals surface area (Å²) in [5.41, 5.74) is 6.74. The minimum atomic E-state index is 0.170. The lowest BCUT2D eigenvalue weighted by Crippen LogP contribution is -2.10. The molecule has 0 saturated heterocycles. The molecule has 102 valence electrons. The van der Waals surface area contributed by atoms with E-state index in [9.17, 15) is 0 Å². The van der Waals surface area contributed by atoms with E-state index in [1.807, 2.05) is 24.3 Å². The van der Waals surface area contributed by atoms with E-state index in [0.29, 0.717) is 5.56 Å². The van der Waals surface area contributed by atoms with E-state index in [1.54, 1.807) is 0 Å². The molecule has 20 heavy (non-hydrogen) atoms. The number of hydrogen-bond acceptors (Lipinski definition) is 2. The first-order valence-corrected chi connectivity index (χ1v) is 6.86. The van der Waals surface area contributed by atoms with Gasteiger partial charge in [-0.1, -0.05) is 24.3 Å². The lowest BCUT2D eigenvalue weighted by atomic mass is 9.96. The van der Waals surface area contributed by atoms with Crippen molar-refractivity contribution in [2.24, 2.45) is 0 Å². The average molecular weight is 264 g/mol. The lowest BCUT2D eigenvalue weighted by molar-refractivity contribution is 0.870. The number of nitrogens with zero attached hydrogens (tertiary/aromatic N) is 1. The summed E-state index contributed by atoms with van der Waals surface area (Å²) in [6.07, 6.45) is 0. The van der Waals surface area contributed by atoms with Gasteiger partial charge < -0.3 is 5.32 Å². The third kappa shape index (κ3) is 2.83. The lowest BCUT2D eigenvalue weighted by Gasteiger charge is -2.20. The number of aryl methyl sites for hydroxylation is 3. The summed E-state index contributed by atoms with van der Waals surface area (Å²) in [6.45, 7) is 8.53. The van der Waals surface area contributed by atoms with Gasteiger partial charge in [-0.05, 0) is 62.1 Å². The summed E-state index contributed by atoms with van der Waals surface area (Å²) in [4.78, 5) is 0. The largest absolute Gasteiger partial charge is 0.377 e. The Kier molecular flexibility index (Phi) is 4.10. The number of anilines is 1. The van der Waals surface area contributed by atoms with Crippen molar-refractivity contribution in [1.82, 2.24) is 0 Å². The molecule has 2 aromatic carbocycles. The quantitative estimate of drug-likeness (QED) is 0.875. The summed E-state index contributed by atoms with van der Waals surface area (Å²) >= 11 is 0. The van der Waals surface area contributed by atoms with Gasteiger partial charge in [0, 0.05) is 6.04 Å². The minimum Gasteiger partial charge on any atom is -0.377 e. The van der Waals surface area contributed by atoms with Gasteiger partial charge >= 0.3 is 0 Å². The number of nitriles is 1. The van der Waals surface area contributed by atoms with E-state index >= 15 is 0 Å². The molecule has 2 heteroatoms. The molecule has 0 saturated carbocycles. The maximum Gasteiger partial charge on any atom is 0.101 e. The number of rotatable bonds is 3. The van der Waals surface area contributed by atoms with Gasteiger partial charge in [-0.3, -0.25) is 0 Å². The highest BCUT2D eigenvalue weighted by Gasteiger charge is 2.11. The van der Waals surface area contributed by atoms with Gasteiger partial charge in [0.05, 0.1) is 11.3 Å². The van der Waals surface area contributed by atoms with Crippen LogP contribution in [-0.4, -0.2) is 0 Å². The van der Waals surface area contributed by atoms with Gasteiger partial charge in [0.15, 0.2) is 0 Å². The fraction of sp³-hybridized carbons (Fsp3) is 0.278. The molecule has 0 radical (unpaired) electrons.